The molecule has 1 aliphatic rings. The molecule has 2 aromatic carbocycles. The molecule has 1 heterocycles. The standard InChI is InChI=1S/C25H30N4O/c1-18-9-7-8-12-20(18)16-26-21-13-14-23-22(15-21)24(25(30)28(2)3)27-29(23)17-19-10-5-4-6-11-19/h4-12,21,26H,13-17H2,1-3H3/t21-/m1/s1. The number of carbonyl (C=O) groups is 1. The van der Waals surface area contributed by atoms with Crippen LogP contribution < -0.4 is 5.32 Å². The molecule has 156 valence electrons. The van der Waals surface area contributed by atoms with Gasteiger partial charge in [-0.25, -0.2) is 0 Å². The molecule has 0 unspecified atom stereocenters. The number of aryl methyl sites for hydroxylation is 1. The molecule has 1 aliphatic carbocycles. The van der Waals surface area contributed by atoms with E-state index in [0.717, 1.165) is 31.4 Å². The molecule has 0 saturated heterocycles. The lowest BCUT2D eigenvalue weighted by molar-refractivity contribution is 0.0820. The largest absolute Gasteiger partial charge is 0.343 e. The van der Waals surface area contributed by atoms with Crippen LogP contribution in [0.15, 0.2) is 54.6 Å². The van der Waals surface area contributed by atoms with Gasteiger partial charge in [0.25, 0.3) is 5.91 Å². The Bertz CT molecular complexity index is 1020. The number of hydrogen-bond acceptors (Lipinski definition) is 3. The first kappa shape index (κ1) is 20.4. The van der Waals surface area contributed by atoms with E-state index in [0.29, 0.717) is 18.3 Å². The summed E-state index contributed by atoms with van der Waals surface area (Å²) in [4.78, 5) is 14.5. The van der Waals surface area contributed by atoms with Crippen molar-refractivity contribution in [1.82, 2.24) is 20.0 Å². The zero-order valence-electron chi connectivity index (χ0n) is 18.1. The summed E-state index contributed by atoms with van der Waals surface area (Å²) in [5.74, 6) is -0.0161. The smallest absolute Gasteiger partial charge is 0.274 e. The van der Waals surface area contributed by atoms with Crippen LogP contribution in [0.5, 0.6) is 0 Å². The lowest BCUT2D eigenvalue weighted by Gasteiger charge is -2.25. The summed E-state index contributed by atoms with van der Waals surface area (Å²) in [5, 5.41) is 8.48. The second-order valence-corrected chi connectivity index (χ2v) is 8.36. The van der Waals surface area contributed by atoms with Gasteiger partial charge in [-0.15, -0.1) is 0 Å². The van der Waals surface area contributed by atoms with E-state index in [4.69, 9.17) is 5.10 Å². The Balaban J connectivity index is 1.56. The molecule has 1 N–H and O–H groups in total. The molecule has 1 atom stereocenters. The van der Waals surface area contributed by atoms with Crippen LogP contribution in [0.2, 0.25) is 0 Å². The Hall–Kier alpha value is -2.92. The predicted octanol–water partition coefficient (Wildman–Crippen LogP) is 3.59. The van der Waals surface area contributed by atoms with E-state index in [1.54, 1.807) is 19.0 Å². The second kappa shape index (κ2) is 8.84. The fourth-order valence-electron chi connectivity index (χ4n) is 4.20. The Labute approximate surface area is 178 Å². The topological polar surface area (TPSA) is 50.2 Å². The highest BCUT2D eigenvalue weighted by molar-refractivity contribution is 5.93. The van der Waals surface area contributed by atoms with Gasteiger partial charge in [0.2, 0.25) is 0 Å². The maximum atomic E-state index is 12.8. The van der Waals surface area contributed by atoms with E-state index < -0.39 is 0 Å². The summed E-state index contributed by atoms with van der Waals surface area (Å²) in [7, 11) is 3.59. The van der Waals surface area contributed by atoms with Crippen molar-refractivity contribution in [3.8, 4) is 0 Å². The van der Waals surface area contributed by atoms with E-state index in [1.807, 2.05) is 22.9 Å². The summed E-state index contributed by atoms with van der Waals surface area (Å²) in [6.07, 6.45) is 2.82. The van der Waals surface area contributed by atoms with Crippen molar-refractivity contribution in [2.24, 2.45) is 0 Å². The highest BCUT2D eigenvalue weighted by Gasteiger charge is 2.29. The van der Waals surface area contributed by atoms with Crippen molar-refractivity contribution in [3.05, 3.63) is 88.2 Å². The number of nitrogens with zero attached hydrogens (tertiary/aromatic N) is 3. The van der Waals surface area contributed by atoms with Gasteiger partial charge < -0.3 is 10.2 Å². The molecule has 4 rings (SSSR count). The highest BCUT2D eigenvalue weighted by atomic mass is 16.2. The van der Waals surface area contributed by atoms with E-state index in [-0.39, 0.29) is 5.91 Å². The molecular formula is C25H30N4O. The molecule has 5 nitrogen and oxygen atoms in total. The van der Waals surface area contributed by atoms with Crippen molar-refractivity contribution >= 4 is 5.91 Å². The zero-order chi connectivity index (χ0) is 21.1. The van der Waals surface area contributed by atoms with E-state index >= 15 is 0 Å². The number of aromatic nitrogens is 2. The lowest BCUT2D eigenvalue weighted by Crippen LogP contribution is -2.35. The van der Waals surface area contributed by atoms with Crippen LogP contribution in [-0.2, 0) is 25.9 Å². The maximum absolute atomic E-state index is 12.8. The van der Waals surface area contributed by atoms with Gasteiger partial charge in [-0.2, -0.15) is 5.10 Å². The summed E-state index contributed by atoms with van der Waals surface area (Å²) in [6, 6.07) is 19.2. The highest BCUT2D eigenvalue weighted by Crippen LogP contribution is 2.27. The molecule has 0 fully saturated rings. The van der Waals surface area contributed by atoms with Gasteiger partial charge in [0, 0.05) is 37.9 Å². The average molecular weight is 403 g/mol. The number of carbonyl (C=O) groups excluding carboxylic acids is 1. The minimum Gasteiger partial charge on any atom is -0.343 e. The van der Waals surface area contributed by atoms with E-state index in [2.05, 4.69) is 48.6 Å². The number of amides is 1. The van der Waals surface area contributed by atoms with Crippen molar-refractivity contribution in [2.45, 2.75) is 45.3 Å². The van der Waals surface area contributed by atoms with Crippen LogP contribution >= 0.6 is 0 Å². The Morgan fingerprint density at radius 3 is 2.60 bits per heavy atom. The fourth-order valence-corrected chi connectivity index (χ4v) is 4.20. The molecule has 0 saturated carbocycles. The first-order chi connectivity index (χ1) is 14.5. The summed E-state index contributed by atoms with van der Waals surface area (Å²) >= 11 is 0. The second-order valence-electron chi connectivity index (χ2n) is 8.36. The number of nitrogens with one attached hydrogen (secondary N) is 1. The van der Waals surface area contributed by atoms with Gasteiger partial charge in [0.15, 0.2) is 5.69 Å². The van der Waals surface area contributed by atoms with Gasteiger partial charge in [-0.3, -0.25) is 9.48 Å². The molecule has 5 heteroatoms. The van der Waals surface area contributed by atoms with Crippen molar-refractivity contribution < 1.29 is 4.79 Å². The number of rotatable bonds is 6. The number of hydrogen-bond donors (Lipinski definition) is 1. The quantitative estimate of drug-likeness (QED) is 0.686. The first-order valence-corrected chi connectivity index (χ1v) is 10.6. The molecule has 30 heavy (non-hydrogen) atoms. The van der Waals surface area contributed by atoms with Gasteiger partial charge in [0.1, 0.15) is 0 Å². The van der Waals surface area contributed by atoms with Gasteiger partial charge >= 0.3 is 0 Å². The normalized spacial score (nSPS) is 15.6. The third-order valence-electron chi connectivity index (χ3n) is 5.97. The van der Waals surface area contributed by atoms with Crippen LogP contribution in [0.3, 0.4) is 0 Å². The van der Waals surface area contributed by atoms with E-state index in [9.17, 15) is 4.79 Å². The Morgan fingerprint density at radius 1 is 1.13 bits per heavy atom. The minimum absolute atomic E-state index is 0.0161. The molecule has 1 amide bonds. The van der Waals surface area contributed by atoms with Crippen LogP contribution in [0, 0.1) is 6.92 Å². The van der Waals surface area contributed by atoms with Crippen LogP contribution in [0.4, 0.5) is 0 Å². The molecule has 3 aromatic rings. The molecule has 0 radical (unpaired) electrons. The number of benzene rings is 2. The lowest BCUT2D eigenvalue weighted by atomic mass is 9.90. The first-order valence-electron chi connectivity index (χ1n) is 10.6. The summed E-state index contributed by atoms with van der Waals surface area (Å²) in [5.41, 5.74) is 6.75. The Kier molecular flexibility index (Phi) is 6.00. The molecule has 1 aromatic heterocycles. The monoisotopic (exact) mass is 402 g/mol. The molecule has 0 bridgehead atoms. The summed E-state index contributed by atoms with van der Waals surface area (Å²) in [6.45, 7) is 3.70. The maximum Gasteiger partial charge on any atom is 0.274 e. The Morgan fingerprint density at radius 2 is 1.87 bits per heavy atom. The van der Waals surface area contributed by atoms with E-state index in [1.165, 1.54) is 22.4 Å². The zero-order valence-corrected chi connectivity index (χ0v) is 18.1. The SMILES string of the molecule is Cc1ccccc1CN[C@@H]1CCc2c(c(C(=O)N(C)C)nn2Cc2ccccc2)C1. The van der Waals surface area contributed by atoms with Crippen molar-refractivity contribution in [1.29, 1.82) is 0 Å². The minimum atomic E-state index is -0.0161. The molecular weight excluding hydrogens is 372 g/mol. The van der Waals surface area contributed by atoms with Gasteiger partial charge in [0.05, 0.1) is 6.54 Å². The summed E-state index contributed by atoms with van der Waals surface area (Å²) < 4.78 is 2.04. The van der Waals surface area contributed by atoms with Crippen molar-refractivity contribution in [2.75, 3.05) is 14.1 Å². The van der Waals surface area contributed by atoms with Crippen LogP contribution in [0.25, 0.3) is 0 Å². The predicted molar refractivity (Wildman–Crippen MR) is 120 cm³/mol. The van der Waals surface area contributed by atoms with Gasteiger partial charge in [-0.1, -0.05) is 54.6 Å². The fraction of sp³-hybridized carbons (Fsp3) is 0.360. The van der Waals surface area contributed by atoms with Crippen molar-refractivity contribution in [3.63, 3.8) is 0 Å². The third kappa shape index (κ3) is 4.31. The number of fused-ring (bicyclic) bond motifs is 1. The van der Waals surface area contributed by atoms with Crippen LogP contribution in [0.1, 0.15) is 44.9 Å². The third-order valence-corrected chi connectivity index (χ3v) is 5.97. The van der Waals surface area contributed by atoms with Crippen LogP contribution in [-0.4, -0.2) is 40.7 Å². The molecule has 0 spiro atoms. The van der Waals surface area contributed by atoms with Gasteiger partial charge in [-0.05, 0) is 42.9 Å². The molecule has 0 aliphatic heterocycles. The average Bonchev–Trinajstić information content (AvgIpc) is 3.11.